The van der Waals surface area contributed by atoms with Gasteiger partial charge in [0.15, 0.2) is 0 Å². The zero-order chi connectivity index (χ0) is 7.14. The van der Waals surface area contributed by atoms with Gasteiger partial charge in [-0.05, 0) is 0 Å². The minimum absolute atomic E-state index is 0.0185. The van der Waals surface area contributed by atoms with E-state index in [4.69, 9.17) is 10.2 Å². The maximum Gasteiger partial charge on any atom is 0.219 e. The van der Waals surface area contributed by atoms with Gasteiger partial charge in [-0.25, -0.2) is 4.98 Å². The zero-order valence-corrected chi connectivity index (χ0v) is 5.64. The van der Waals surface area contributed by atoms with Crippen molar-refractivity contribution in [3.63, 3.8) is 0 Å². The molecule has 0 aliphatic carbocycles. The van der Waals surface area contributed by atoms with Crippen molar-refractivity contribution in [2.75, 3.05) is 0 Å². The highest BCUT2D eigenvalue weighted by Gasteiger charge is 2.09. The van der Waals surface area contributed by atoms with Crippen LogP contribution in [0.2, 0.25) is 0 Å². The molecule has 0 aliphatic heterocycles. The van der Waals surface area contributed by atoms with Crippen LogP contribution in [0.4, 0.5) is 0 Å². The molecule has 5 heteroatoms. The van der Waals surface area contributed by atoms with Crippen LogP contribution in [0.3, 0.4) is 0 Å². The summed E-state index contributed by atoms with van der Waals surface area (Å²) in [6.07, 6.45) is 0. The maximum atomic E-state index is 9.04. The Bertz CT molecular complexity index is 333. The highest BCUT2D eigenvalue weighted by Crippen LogP contribution is 2.33. The van der Waals surface area contributed by atoms with Gasteiger partial charge < -0.3 is 10.2 Å². The molecule has 0 radical (unpaired) electrons. The van der Waals surface area contributed by atoms with E-state index in [0.29, 0.717) is 10.2 Å². The largest absolute Gasteiger partial charge is 0.493 e. The molecule has 2 heterocycles. The topological polar surface area (TPSA) is 69.1 Å². The second kappa shape index (κ2) is 1.63. The van der Waals surface area contributed by atoms with Crippen LogP contribution in [0.25, 0.3) is 10.2 Å². The Kier molecular flexibility index (Phi) is 0.906. The Morgan fingerprint density at radius 2 is 2.20 bits per heavy atom. The van der Waals surface area contributed by atoms with Gasteiger partial charge in [0.2, 0.25) is 11.8 Å². The second-order valence-corrected chi connectivity index (χ2v) is 2.71. The van der Waals surface area contributed by atoms with Crippen molar-refractivity contribution < 1.29 is 10.2 Å². The number of nitrogens with one attached hydrogen (secondary N) is 1. The summed E-state index contributed by atoms with van der Waals surface area (Å²) in [6, 6.07) is 0. The first kappa shape index (κ1) is 5.55. The van der Waals surface area contributed by atoms with Crippen molar-refractivity contribution >= 4 is 21.6 Å². The Balaban J connectivity index is 2.98. The molecule has 0 saturated carbocycles. The fourth-order valence-corrected chi connectivity index (χ4v) is 1.50. The molecular formula is C5H4N2O2S. The molecule has 3 N–H and O–H groups in total. The summed E-state index contributed by atoms with van der Waals surface area (Å²) in [5, 5.41) is 18.0. The molecule has 0 saturated heterocycles. The van der Waals surface area contributed by atoms with E-state index in [1.165, 1.54) is 11.3 Å². The molecule has 0 amide bonds. The summed E-state index contributed by atoms with van der Waals surface area (Å²) in [4.78, 5) is 6.17. The van der Waals surface area contributed by atoms with Gasteiger partial charge in [-0.3, -0.25) is 4.98 Å². The number of fused-ring (bicyclic) bond motifs is 1. The van der Waals surface area contributed by atoms with Crippen molar-refractivity contribution in [3.8, 4) is 11.8 Å². The molecule has 0 aromatic carbocycles. The normalized spacial score (nSPS) is 10.8. The summed E-state index contributed by atoms with van der Waals surface area (Å²) in [6.45, 7) is 0. The van der Waals surface area contributed by atoms with Crippen LogP contribution < -0.4 is 0 Å². The Labute approximate surface area is 59.8 Å². The van der Waals surface area contributed by atoms with E-state index in [0.717, 1.165) is 0 Å². The summed E-state index contributed by atoms with van der Waals surface area (Å²) >= 11 is 1.28. The quantitative estimate of drug-likeness (QED) is 0.533. The van der Waals surface area contributed by atoms with Crippen LogP contribution >= 0.6 is 11.3 Å². The van der Waals surface area contributed by atoms with Crippen molar-refractivity contribution in [1.29, 1.82) is 0 Å². The molecule has 0 unspecified atom stereocenters. The van der Waals surface area contributed by atoms with Crippen LogP contribution in [0.1, 0.15) is 0 Å². The number of aromatic nitrogens is 2. The lowest BCUT2D eigenvalue weighted by atomic mass is 10.5. The Morgan fingerprint density at radius 3 is 2.90 bits per heavy atom. The summed E-state index contributed by atoms with van der Waals surface area (Å²) in [5.74, 6) is -0.0937. The standard InChI is InChI=1S/C5H4N2O2S/c8-4-2-3(5(9)7-4)10-1-6-2/h1,7-9H. The predicted octanol–water partition coefficient (Wildman–Crippen LogP) is 1.04. The number of hydrogen-bond acceptors (Lipinski definition) is 4. The second-order valence-electron chi connectivity index (χ2n) is 1.85. The van der Waals surface area contributed by atoms with E-state index < -0.39 is 0 Å². The summed E-state index contributed by atoms with van der Waals surface area (Å²) in [7, 11) is 0. The first-order valence-electron chi connectivity index (χ1n) is 2.62. The number of aromatic hydroxyl groups is 2. The molecule has 0 spiro atoms. The molecule has 4 nitrogen and oxygen atoms in total. The van der Waals surface area contributed by atoms with E-state index in [2.05, 4.69) is 9.97 Å². The number of aromatic amines is 1. The molecular weight excluding hydrogens is 152 g/mol. The van der Waals surface area contributed by atoms with E-state index in [1.54, 1.807) is 5.51 Å². The van der Waals surface area contributed by atoms with Gasteiger partial charge in [-0.15, -0.1) is 11.3 Å². The third-order valence-electron chi connectivity index (χ3n) is 1.24. The molecule has 52 valence electrons. The van der Waals surface area contributed by atoms with Gasteiger partial charge >= 0.3 is 0 Å². The minimum Gasteiger partial charge on any atom is -0.493 e. The third kappa shape index (κ3) is 0.522. The summed E-state index contributed by atoms with van der Waals surface area (Å²) in [5.41, 5.74) is 2.00. The van der Waals surface area contributed by atoms with Crippen molar-refractivity contribution in [2.45, 2.75) is 0 Å². The number of H-pyrrole nitrogens is 1. The average molecular weight is 156 g/mol. The van der Waals surface area contributed by atoms with Gasteiger partial charge in [-0.1, -0.05) is 0 Å². The predicted molar refractivity (Wildman–Crippen MR) is 37.3 cm³/mol. The van der Waals surface area contributed by atoms with E-state index >= 15 is 0 Å². The Hall–Kier alpha value is -1.23. The maximum absolute atomic E-state index is 9.04. The summed E-state index contributed by atoms with van der Waals surface area (Å²) < 4.78 is 0.595. The molecule has 10 heavy (non-hydrogen) atoms. The van der Waals surface area contributed by atoms with Crippen LogP contribution in [-0.2, 0) is 0 Å². The first-order valence-corrected chi connectivity index (χ1v) is 3.50. The fraction of sp³-hybridized carbons (Fsp3) is 0. The van der Waals surface area contributed by atoms with Gasteiger partial charge in [-0.2, -0.15) is 0 Å². The molecule has 2 rings (SSSR count). The lowest BCUT2D eigenvalue weighted by molar-refractivity contribution is 0.429. The van der Waals surface area contributed by atoms with Crippen molar-refractivity contribution in [2.24, 2.45) is 0 Å². The highest BCUT2D eigenvalue weighted by molar-refractivity contribution is 7.17. The molecule has 2 aromatic heterocycles. The van der Waals surface area contributed by atoms with Crippen LogP contribution in [0, 0.1) is 0 Å². The number of hydrogen-bond donors (Lipinski definition) is 3. The molecule has 2 aromatic rings. The van der Waals surface area contributed by atoms with E-state index in [-0.39, 0.29) is 11.8 Å². The number of nitrogens with zero attached hydrogens (tertiary/aromatic N) is 1. The lowest BCUT2D eigenvalue weighted by Crippen LogP contribution is -1.62. The van der Waals surface area contributed by atoms with Gasteiger partial charge in [0.1, 0.15) is 10.2 Å². The molecule has 0 bridgehead atoms. The van der Waals surface area contributed by atoms with Crippen molar-refractivity contribution in [3.05, 3.63) is 5.51 Å². The van der Waals surface area contributed by atoms with Crippen molar-refractivity contribution in [1.82, 2.24) is 9.97 Å². The molecule has 0 aliphatic rings. The molecule has 0 atom stereocenters. The molecule has 0 fully saturated rings. The third-order valence-corrected chi connectivity index (χ3v) is 2.08. The minimum atomic E-state index is -0.0752. The smallest absolute Gasteiger partial charge is 0.219 e. The number of thiazole rings is 1. The monoisotopic (exact) mass is 156 g/mol. The zero-order valence-electron chi connectivity index (χ0n) is 4.83. The van der Waals surface area contributed by atoms with Gasteiger partial charge in [0.25, 0.3) is 0 Å². The van der Waals surface area contributed by atoms with E-state index in [1.807, 2.05) is 0 Å². The average Bonchev–Trinajstić information content (AvgIpc) is 2.39. The first-order chi connectivity index (χ1) is 4.79. The van der Waals surface area contributed by atoms with Crippen LogP contribution in [-0.4, -0.2) is 20.2 Å². The van der Waals surface area contributed by atoms with Gasteiger partial charge in [0, 0.05) is 0 Å². The van der Waals surface area contributed by atoms with Gasteiger partial charge in [0.05, 0.1) is 5.51 Å². The van der Waals surface area contributed by atoms with Crippen LogP contribution in [0.15, 0.2) is 5.51 Å². The lowest BCUT2D eigenvalue weighted by Gasteiger charge is -1.79. The SMILES string of the molecule is Oc1[nH]c(O)c2scnc12. The van der Waals surface area contributed by atoms with Crippen LogP contribution in [0.5, 0.6) is 11.8 Å². The fourth-order valence-electron chi connectivity index (χ4n) is 0.811. The highest BCUT2D eigenvalue weighted by atomic mass is 32.1. The Morgan fingerprint density at radius 1 is 1.40 bits per heavy atom. The number of rotatable bonds is 0. The van der Waals surface area contributed by atoms with E-state index in [9.17, 15) is 0 Å².